The average molecular weight is 354 g/mol. The Morgan fingerprint density at radius 2 is 1.85 bits per heavy atom. The van der Waals surface area contributed by atoms with Gasteiger partial charge in [-0.05, 0) is 73.5 Å². The van der Waals surface area contributed by atoms with E-state index >= 15 is 0 Å². The molecule has 1 N–H and O–H groups in total. The molecule has 2 aromatic rings. The summed E-state index contributed by atoms with van der Waals surface area (Å²) in [7, 11) is 5.85. The number of hydrogen-bond acceptors (Lipinski definition) is 4. The smallest absolute Gasteiger partial charge is 0.119 e. The fourth-order valence-electron chi connectivity index (χ4n) is 3.55. The number of nitrogens with zero attached hydrogens (tertiary/aromatic N) is 1. The van der Waals surface area contributed by atoms with E-state index in [0.717, 1.165) is 37.4 Å². The van der Waals surface area contributed by atoms with Crippen molar-refractivity contribution in [3.05, 3.63) is 58.7 Å². The van der Waals surface area contributed by atoms with Crippen LogP contribution in [0.15, 0.2) is 36.4 Å². The van der Waals surface area contributed by atoms with E-state index in [0.29, 0.717) is 6.61 Å². The predicted octanol–water partition coefficient (Wildman–Crippen LogP) is 3.43. The van der Waals surface area contributed by atoms with Gasteiger partial charge >= 0.3 is 0 Å². The highest BCUT2D eigenvalue weighted by molar-refractivity contribution is 5.47. The number of aryl methyl sites for hydroxylation is 1. The minimum atomic E-state index is 0.232. The first kappa shape index (κ1) is 18.7. The first-order valence-corrected chi connectivity index (χ1v) is 9.43. The van der Waals surface area contributed by atoms with E-state index in [1.165, 1.54) is 22.3 Å². The van der Waals surface area contributed by atoms with Crippen molar-refractivity contribution in [1.29, 1.82) is 0 Å². The van der Waals surface area contributed by atoms with E-state index in [4.69, 9.17) is 9.47 Å². The maximum Gasteiger partial charge on any atom is 0.119 e. The second-order valence-electron chi connectivity index (χ2n) is 7.07. The Labute approximate surface area is 157 Å². The largest absolute Gasteiger partial charge is 0.497 e. The van der Waals surface area contributed by atoms with Crippen molar-refractivity contribution in [3.8, 4) is 11.5 Å². The van der Waals surface area contributed by atoms with Crippen LogP contribution < -0.4 is 14.8 Å². The van der Waals surface area contributed by atoms with Gasteiger partial charge in [0.2, 0.25) is 0 Å². The van der Waals surface area contributed by atoms with Gasteiger partial charge in [-0.15, -0.1) is 0 Å². The lowest BCUT2D eigenvalue weighted by Crippen LogP contribution is -2.31. The topological polar surface area (TPSA) is 33.7 Å². The number of ether oxygens (including phenoxy) is 2. The maximum absolute atomic E-state index is 5.92. The molecule has 0 aromatic heterocycles. The quantitative estimate of drug-likeness (QED) is 0.826. The number of fused-ring (bicyclic) bond motifs is 1. The van der Waals surface area contributed by atoms with Crippen molar-refractivity contribution in [3.63, 3.8) is 0 Å². The van der Waals surface area contributed by atoms with Gasteiger partial charge in [0.25, 0.3) is 0 Å². The number of nitrogens with one attached hydrogen (secondary N) is 1. The Kier molecular flexibility index (Phi) is 6.17. The highest BCUT2D eigenvalue weighted by atomic mass is 16.5. The van der Waals surface area contributed by atoms with Gasteiger partial charge < -0.3 is 19.7 Å². The summed E-state index contributed by atoms with van der Waals surface area (Å²) in [5.74, 6) is 1.89. The van der Waals surface area contributed by atoms with Crippen molar-refractivity contribution in [2.75, 3.05) is 40.9 Å². The van der Waals surface area contributed by atoms with Crippen LogP contribution >= 0.6 is 0 Å². The number of rotatable bonds is 7. The minimum absolute atomic E-state index is 0.232. The molecule has 0 bridgehead atoms. The fourth-order valence-corrected chi connectivity index (χ4v) is 3.55. The van der Waals surface area contributed by atoms with Gasteiger partial charge in [-0.1, -0.05) is 19.1 Å². The first-order chi connectivity index (χ1) is 12.6. The van der Waals surface area contributed by atoms with E-state index in [1.54, 1.807) is 7.11 Å². The Morgan fingerprint density at radius 1 is 1.08 bits per heavy atom. The molecule has 0 saturated carbocycles. The lowest BCUT2D eigenvalue weighted by molar-refractivity contribution is 0.261. The van der Waals surface area contributed by atoms with Crippen molar-refractivity contribution in [1.82, 2.24) is 10.2 Å². The van der Waals surface area contributed by atoms with Gasteiger partial charge in [-0.25, -0.2) is 0 Å². The predicted molar refractivity (Wildman–Crippen MR) is 106 cm³/mol. The molecule has 1 heterocycles. The van der Waals surface area contributed by atoms with Gasteiger partial charge in [0, 0.05) is 13.1 Å². The van der Waals surface area contributed by atoms with Crippen LogP contribution in [-0.2, 0) is 12.8 Å². The van der Waals surface area contributed by atoms with Crippen LogP contribution in [0, 0.1) is 0 Å². The molecule has 0 fully saturated rings. The molecule has 26 heavy (non-hydrogen) atoms. The minimum Gasteiger partial charge on any atom is -0.497 e. The first-order valence-electron chi connectivity index (χ1n) is 9.43. The summed E-state index contributed by atoms with van der Waals surface area (Å²) in [6.45, 7) is 4.82. The zero-order chi connectivity index (χ0) is 18.5. The standard InChI is InChI=1S/C22H30N2O2/c1-5-16-14-18(25-4)6-8-20(16)22-21-9-7-19(26-13-12-24(2)3)15-17(21)10-11-23-22/h6-9,14-15,22-23H,5,10-13H2,1-4H3. The third kappa shape index (κ3) is 4.19. The highest BCUT2D eigenvalue weighted by Crippen LogP contribution is 2.34. The lowest BCUT2D eigenvalue weighted by atomic mass is 9.87. The second-order valence-corrected chi connectivity index (χ2v) is 7.07. The van der Waals surface area contributed by atoms with Crippen molar-refractivity contribution in [2.45, 2.75) is 25.8 Å². The third-order valence-electron chi connectivity index (χ3n) is 5.02. The summed E-state index contributed by atoms with van der Waals surface area (Å²) in [5.41, 5.74) is 5.42. The summed E-state index contributed by atoms with van der Waals surface area (Å²) in [6, 6.07) is 13.2. The number of benzene rings is 2. The molecule has 1 unspecified atom stereocenters. The molecule has 0 spiro atoms. The Morgan fingerprint density at radius 3 is 2.58 bits per heavy atom. The Bertz CT molecular complexity index is 743. The molecule has 140 valence electrons. The molecule has 1 aliphatic rings. The van der Waals surface area contributed by atoms with E-state index < -0.39 is 0 Å². The average Bonchev–Trinajstić information content (AvgIpc) is 2.66. The van der Waals surface area contributed by atoms with Gasteiger partial charge in [0.1, 0.15) is 18.1 Å². The number of hydrogen-bond donors (Lipinski definition) is 1. The van der Waals surface area contributed by atoms with Crippen LogP contribution in [-0.4, -0.2) is 45.8 Å². The Balaban J connectivity index is 1.85. The monoisotopic (exact) mass is 354 g/mol. The zero-order valence-corrected chi connectivity index (χ0v) is 16.3. The van der Waals surface area contributed by atoms with Crippen LogP contribution in [0.1, 0.15) is 35.2 Å². The van der Waals surface area contributed by atoms with Crippen molar-refractivity contribution < 1.29 is 9.47 Å². The van der Waals surface area contributed by atoms with Crippen molar-refractivity contribution in [2.24, 2.45) is 0 Å². The summed E-state index contributed by atoms with van der Waals surface area (Å²) in [6.07, 6.45) is 2.03. The summed E-state index contributed by atoms with van der Waals surface area (Å²) >= 11 is 0. The van der Waals surface area contributed by atoms with E-state index in [-0.39, 0.29) is 6.04 Å². The summed E-state index contributed by atoms with van der Waals surface area (Å²) in [5, 5.41) is 3.69. The molecular weight excluding hydrogens is 324 g/mol. The zero-order valence-electron chi connectivity index (χ0n) is 16.3. The SMILES string of the molecule is CCc1cc(OC)ccc1C1NCCc2cc(OCCN(C)C)ccc21. The van der Waals surface area contributed by atoms with Gasteiger partial charge in [0.15, 0.2) is 0 Å². The molecule has 2 aromatic carbocycles. The molecular formula is C22H30N2O2. The fraction of sp³-hybridized carbons (Fsp3) is 0.455. The second kappa shape index (κ2) is 8.56. The van der Waals surface area contributed by atoms with E-state index in [2.05, 4.69) is 67.6 Å². The highest BCUT2D eigenvalue weighted by Gasteiger charge is 2.23. The van der Waals surface area contributed by atoms with E-state index in [9.17, 15) is 0 Å². The van der Waals surface area contributed by atoms with Crippen molar-refractivity contribution >= 4 is 0 Å². The molecule has 4 nitrogen and oxygen atoms in total. The summed E-state index contributed by atoms with van der Waals surface area (Å²) in [4.78, 5) is 2.13. The van der Waals surface area contributed by atoms with Crippen LogP contribution in [0.2, 0.25) is 0 Å². The van der Waals surface area contributed by atoms with Crippen LogP contribution in [0.5, 0.6) is 11.5 Å². The lowest BCUT2D eigenvalue weighted by Gasteiger charge is -2.29. The van der Waals surface area contributed by atoms with Gasteiger partial charge in [-0.2, -0.15) is 0 Å². The molecule has 0 amide bonds. The number of methoxy groups -OCH3 is 1. The van der Waals surface area contributed by atoms with Gasteiger partial charge in [0.05, 0.1) is 13.2 Å². The van der Waals surface area contributed by atoms with Crippen LogP contribution in [0.25, 0.3) is 0 Å². The molecule has 4 heteroatoms. The molecule has 0 aliphatic carbocycles. The molecule has 0 saturated heterocycles. The van der Waals surface area contributed by atoms with Crippen LogP contribution in [0.4, 0.5) is 0 Å². The summed E-state index contributed by atoms with van der Waals surface area (Å²) < 4.78 is 11.3. The van der Waals surface area contributed by atoms with Crippen LogP contribution in [0.3, 0.4) is 0 Å². The van der Waals surface area contributed by atoms with E-state index in [1.807, 2.05) is 0 Å². The number of likely N-dealkylation sites (N-methyl/N-ethyl adjacent to an activating group) is 1. The Hall–Kier alpha value is -2.04. The molecule has 0 radical (unpaired) electrons. The normalized spacial score (nSPS) is 16.4. The molecule has 1 aliphatic heterocycles. The third-order valence-corrected chi connectivity index (χ3v) is 5.02. The molecule has 1 atom stereocenters. The molecule has 3 rings (SSSR count). The maximum atomic E-state index is 5.92. The van der Waals surface area contributed by atoms with Gasteiger partial charge in [-0.3, -0.25) is 0 Å².